The van der Waals surface area contributed by atoms with Crippen LogP contribution in [0.4, 0.5) is 4.39 Å². The normalized spacial score (nSPS) is 10.3. The number of hydrogen-bond acceptors (Lipinski definition) is 6. The predicted octanol–water partition coefficient (Wildman–Crippen LogP) is 2.44. The molecule has 0 bridgehead atoms. The molecule has 7 heteroatoms. The molecule has 2 aromatic rings. The van der Waals surface area contributed by atoms with Crippen molar-refractivity contribution in [3.05, 3.63) is 47.1 Å². The van der Waals surface area contributed by atoms with Gasteiger partial charge in [-0.1, -0.05) is 6.58 Å². The minimum absolute atomic E-state index is 0.0332. The van der Waals surface area contributed by atoms with Crippen LogP contribution in [-0.4, -0.2) is 26.3 Å². The van der Waals surface area contributed by atoms with Crippen LogP contribution in [0.2, 0.25) is 0 Å². The smallest absolute Gasteiger partial charge is 0.339 e. The molecule has 0 unspecified atom stereocenters. The molecule has 122 valence electrons. The van der Waals surface area contributed by atoms with Gasteiger partial charge < -0.3 is 18.6 Å². The maximum atomic E-state index is 13.8. The Kier molecular flexibility index (Phi) is 5.35. The summed E-state index contributed by atoms with van der Waals surface area (Å²) in [6, 6.07) is 3.58. The van der Waals surface area contributed by atoms with Gasteiger partial charge in [0, 0.05) is 18.6 Å². The summed E-state index contributed by atoms with van der Waals surface area (Å²) in [6.45, 7) is 3.60. The number of methoxy groups -OCH3 is 1. The van der Waals surface area contributed by atoms with Gasteiger partial charge in [0.05, 0.1) is 31.8 Å². The lowest BCUT2D eigenvalue weighted by Crippen LogP contribution is -2.08. The third-order valence-corrected chi connectivity index (χ3v) is 2.94. The van der Waals surface area contributed by atoms with Crippen molar-refractivity contribution in [3.63, 3.8) is 0 Å². The van der Waals surface area contributed by atoms with Gasteiger partial charge in [-0.2, -0.15) is 0 Å². The lowest BCUT2D eigenvalue weighted by molar-refractivity contribution is -0.137. The van der Waals surface area contributed by atoms with Gasteiger partial charge in [-0.3, -0.25) is 0 Å². The lowest BCUT2D eigenvalue weighted by atomic mass is 10.2. The van der Waals surface area contributed by atoms with E-state index in [2.05, 4.69) is 6.58 Å². The average Bonchev–Trinajstić information content (AvgIpc) is 2.54. The lowest BCUT2D eigenvalue weighted by Gasteiger charge is -2.10. The summed E-state index contributed by atoms with van der Waals surface area (Å²) in [7, 11) is 1.31. The molecule has 2 rings (SSSR count). The molecule has 0 fully saturated rings. The van der Waals surface area contributed by atoms with E-state index in [0.717, 1.165) is 12.1 Å². The number of fused-ring (bicyclic) bond motifs is 1. The molecule has 0 radical (unpaired) electrons. The summed E-state index contributed by atoms with van der Waals surface area (Å²) in [6.07, 6.45) is 1.47. The molecule has 0 aliphatic heterocycles. The Hall–Kier alpha value is -2.83. The van der Waals surface area contributed by atoms with Crippen LogP contribution in [0.25, 0.3) is 11.0 Å². The Morgan fingerprint density at radius 2 is 2.09 bits per heavy atom. The van der Waals surface area contributed by atoms with Crippen molar-refractivity contribution in [2.24, 2.45) is 0 Å². The van der Waals surface area contributed by atoms with Gasteiger partial charge >= 0.3 is 11.6 Å². The number of carbonyl (C=O) groups excluding carboxylic acids is 1. The summed E-state index contributed by atoms with van der Waals surface area (Å²) >= 11 is 0. The highest BCUT2D eigenvalue weighted by atomic mass is 19.1. The fourth-order valence-corrected chi connectivity index (χ4v) is 1.88. The maximum absolute atomic E-state index is 13.8. The van der Waals surface area contributed by atoms with Crippen LogP contribution in [0.5, 0.6) is 11.5 Å². The molecule has 0 saturated heterocycles. The molecular formula is C16H15FO6. The van der Waals surface area contributed by atoms with E-state index in [1.807, 2.05) is 0 Å². The Balaban J connectivity index is 2.13. The molecule has 1 aromatic carbocycles. The Morgan fingerprint density at radius 3 is 2.78 bits per heavy atom. The predicted molar refractivity (Wildman–Crippen MR) is 80.3 cm³/mol. The van der Waals surface area contributed by atoms with Crippen LogP contribution in [0, 0.1) is 5.82 Å². The van der Waals surface area contributed by atoms with Crippen molar-refractivity contribution < 1.29 is 27.8 Å². The van der Waals surface area contributed by atoms with Crippen LogP contribution in [0.15, 0.2) is 40.1 Å². The van der Waals surface area contributed by atoms with Gasteiger partial charge in [0.25, 0.3) is 0 Å². The number of benzene rings is 1. The zero-order valence-corrected chi connectivity index (χ0v) is 12.5. The molecule has 1 heterocycles. The molecule has 0 amide bonds. The SMILES string of the molecule is C=CC(=O)OCCCOc1cc(=O)oc2cc(OC)c(F)cc12. The summed E-state index contributed by atoms with van der Waals surface area (Å²) in [4.78, 5) is 22.4. The van der Waals surface area contributed by atoms with Crippen molar-refractivity contribution in [1.29, 1.82) is 0 Å². The minimum atomic E-state index is -0.626. The second kappa shape index (κ2) is 7.44. The molecule has 0 aliphatic carbocycles. The number of ether oxygens (including phenoxy) is 3. The molecule has 23 heavy (non-hydrogen) atoms. The zero-order chi connectivity index (χ0) is 16.8. The number of hydrogen-bond donors (Lipinski definition) is 0. The molecule has 1 aromatic heterocycles. The summed E-state index contributed by atoms with van der Waals surface area (Å²) in [5, 5.41) is 0.311. The second-order valence-corrected chi connectivity index (χ2v) is 4.49. The van der Waals surface area contributed by atoms with Crippen LogP contribution in [0.1, 0.15) is 6.42 Å². The van der Waals surface area contributed by atoms with Gasteiger partial charge in [0.2, 0.25) is 0 Å². The second-order valence-electron chi connectivity index (χ2n) is 4.49. The molecule has 0 aliphatic rings. The molecule has 0 N–H and O–H groups in total. The molecule has 0 spiro atoms. The third kappa shape index (κ3) is 4.09. The van der Waals surface area contributed by atoms with Crippen LogP contribution in [0.3, 0.4) is 0 Å². The summed E-state index contributed by atoms with van der Waals surface area (Å²) < 4.78 is 33.9. The maximum Gasteiger partial charge on any atom is 0.339 e. The van der Waals surface area contributed by atoms with E-state index >= 15 is 0 Å². The highest BCUT2D eigenvalue weighted by Crippen LogP contribution is 2.29. The van der Waals surface area contributed by atoms with E-state index in [1.165, 1.54) is 19.2 Å². The first-order valence-corrected chi connectivity index (χ1v) is 6.78. The summed E-state index contributed by atoms with van der Waals surface area (Å²) in [5.74, 6) is -0.967. The topological polar surface area (TPSA) is 75.0 Å². The first-order valence-electron chi connectivity index (χ1n) is 6.78. The quantitative estimate of drug-likeness (QED) is 0.337. The largest absolute Gasteiger partial charge is 0.494 e. The standard InChI is InChI=1S/C16H15FO6/c1-3-15(18)22-6-4-5-21-12-9-16(19)23-13-8-14(20-2)11(17)7-10(12)13/h3,7-9H,1,4-6H2,2H3. The molecule has 0 saturated carbocycles. The fraction of sp³-hybridized carbons (Fsp3) is 0.250. The Labute approximate surface area is 131 Å². The number of carbonyl (C=O) groups is 1. The van der Waals surface area contributed by atoms with E-state index in [1.54, 1.807) is 0 Å². The number of esters is 1. The van der Waals surface area contributed by atoms with Crippen molar-refractivity contribution in [1.82, 2.24) is 0 Å². The first kappa shape index (κ1) is 16.5. The van der Waals surface area contributed by atoms with Crippen molar-refractivity contribution in [2.75, 3.05) is 20.3 Å². The van der Waals surface area contributed by atoms with Crippen LogP contribution < -0.4 is 15.1 Å². The van der Waals surface area contributed by atoms with E-state index in [-0.39, 0.29) is 30.3 Å². The van der Waals surface area contributed by atoms with E-state index in [0.29, 0.717) is 11.8 Å². The van der Waals surface area contributed by atoms with Gasteiger partial charge in [0.15, 0.2) is 11.6 Å². The molecular weight excluding hydrogens is 307 g/mol. The number of rotatable bonds is 7. The van der Waals surface area contributed by atoms with Crippen molar-refractivity contribution >= 4 is 16.9 Å². The van der Waals surface area contributed by atoms with Crippen LogP contribution in [-0.2, 0) is 9.53 Å². The first-order chi connectivity index (χ1) is 11.0. The minimum Gasteiger partial charge on any atom is -0.494 e. The Bertz CT molecular complexity index is 780. The van der Waals surface area contributed by atoms with Crippen molar-refractivity contribution in [3.8, 4) is 11.5 Å². The van der Waals surface area contributed by atoms with Gasteiger partial charge in [0.1, 0.15) is 11.3 Å². The fourth-order valence-electron chi connectivity index (χ4n) is 1.88. The van der Waals surface area contributed by atoms with Gasteiger partial charge in [-0.15, -0.1) is 0 Å². The monoisotopic (exact) mass is 322 g/mol. The molecule has 6 nitrogen and oxygen atoms in total. The molecule has 0 atom stereocenters. The van der Waals surface area contributed by atoms with Crippen molar-refractivity contribution in [2.45, 2.75) is 6.42 Å². The third-order valence-electron chi connectivity index (χ3n) is 2.94. The van der Waals surface area contributed by atoms with E-state index in [4.69, 9.17) is 18.6 Å². The van der Waals surface area contributed by atoms with Gasteiger partial charge in [-0.05, 0) is 6.07 Å². The Morgan fingerprint density at radius 1 is 1.30 bits per heavy atom. The van der Waals surface area contributed by atoms with Crippen LogP contribution >= 0.6 is 0 Å². The average molecular weight is 322 g/mol. The number of halogens is 1. The zero-order valence-electron chi connectivity index (χ0n) is 12.5. The highest BCUT2D eigenvalue weighted by Gasteiger charge is 2.12. The van der Waals surface area contributed by atoms with Gasteiger partial charge in [-0.25, -0.2) is 14.0 Å². The highest BCUT2D eigenvalue weighted by molar-refractivity contribution is 5.84. The summed E-state index contributed by atoms with van der Waals surface area (Å²) in [5.41, 5.74) is -0.469. The van der Waals surface area contributed by atoms with E-state index < -0.39 is 17.4 Å². The van der Waals surface area contributed by atoms with E-state index in [9.17, 15) is 14.0 Å².